The van der Waals surface area contributed by atoms with Crippen LogP contribution in [0.2, 0.25) is 0 Å². The fraction of sp³-hybridized carbons (Fsp3) is 0.125. The van der Waals surface area contributed by atoms with Crippen LogP contribution in [0, 0.1) is 13.8 Å². The summed E-state index contributed by atoms with van der Waals surface area (Å²) in [6, 6.07) is 22.9. The molecule has 4 aromatic rings. The maximum Gasteiger partial charge on any atom is 0.295 e. The summed E-state index contributed by atoms with van der Waals surface area (Å²) in [7, 11) is 1.60. The average Bonchev–Trinajstić information content (AvgIpc) is 3.22. The van der Waals surface area contributed by atoms with Crippen molar-refractivity contribution in [2.75, 3.05) is 12.4 Å². The van der Waals surface area contributed by atoms with Gasteiger partial charge in [-0.3, -0.25) is 4.79 Å². The van der Waals surface area contributed by atoms with Crippen LogP contribution in [0.25, 0.3) is 17.1 Å². The Kier molecular flexibility index (Phi) is 5.30. The zero-order valence-corrected chi connectivity index (χ0v) is 17.1. The Morgan fingerprint density at radius 3 is 2.33 bits per heavy atom. The van der Waals surface area contributed by atoms with Crippen molar-refractivity contribution in [3.05, 3.63) is 89.7 Å². The predicted octanol–water partition coefficient (Wildman–Crippen LogP) is 4.81. The van der Waals surface area contributed by atoms with Gasteiger partial charge in [0.15, 0.2) is 5.82 Å². The van der Waals surface area contributed by atoms with Crippen LogP contribution in [-0.4, -0.2) is 27.8 Å². The first kappa shape index (κ1) is 19.4. The summed E-state index contributed by atoms with van der Waals surface area (Å²) in [5.74, 6) is 1.05. The molecule has 0 fully saturated rings. The quantitative estimate of drug-likeness (QED) is 0.524. The summed E-state index contributed by atoms with van der Waals surface area (Å²) in [6.45, 7) is 4.11. The number of aromatic nitrogens is 3. The summed E-state index contributed by atoms with van der Waals surface area (Å²) < 4.78 is 6.87. The van der Waals surface area contributed by atoms with Crippen molar-refractivity contribution in [1.82, 2.24) is 14.8 Å². The van der Waals surface area contributed by atoms with E-state index in [4.69, 9.17) is 4.74 Å². The van der Waals surface area contributed by atoms with Crippen molar-refractivity contribution in [3.63, 3.8) is 0 Å². The van der Waals surface area contributed by atoms with Crippen LogP contribution in [0.15, 0.2) is 72.8 Å². The molecule has 0 atom stereocenters. The fourth-order valence-electron chi connectivity index (χ4n) is 3.08. The topological polar surface area (TPSA) is 69.0 Å². The molecule has 0 aliphatic heterocycles. The van der Waals surface area contributed by atoms with Crippen molar-refractivity contribution in [1.29, 1.82) is 0 Å². The van der Waals surface area contributed by atoms with Crippen LogP contribution in [-0.2, 0) is 0 Å². The molecule has 0 bridgehead atoms. The SMILES string of the molecule is COc1ccc(NC(=O)c2nc(-c3ccccc3)n(-c3ccc(C)c(C)c3)n2)cc1. The smallest absolute Gasteiger partial charge is 0.295 e. The average molecular weight is 398 g/mol. The highest BCUT2D eigenvalue weighted by Crippen LogP contribution is 2.23. The second-order valence-electron chi connectivity index (χ2n) is 6.99. The first-order valence-electron chi connectivity index (χ1n) is 9.60. The number of ether oxygens (including phenoxy) is 1. The van der Waals surface area contributed by atoms with E-state index in [2.05, 4.69) is 29.2 Å². The van der Waals surface area contributed by atoms with Gasteiger partial charge in [0.25, 0.3) is 5.91 Å². The maximum atomic E-state index is 12.8. The van der Waals surface area contributed by atoms with Crippen LogP contribution in [0.3, 0.4) is 0 Å². The lowest BCUT2D eigenvalue weighted by Crippen LogP contribution is -2.14. The highest BCUT2D eigenvalue weighted by molar-refractivity contribution is 6.01. The number of methoxy groups -OCH3 is 1. The van der Waals surface area contributed by atoms with E-state index in [1.807, 2.05) is 48.5 Å². The summed E-state index contributed by atoms with van der Waals surface area (Å²) in [4.78, 5) is 17.4. The van der Waals surface area contributed by atoms with Gasteiger partial charge in [-0.05, 0) is 61.4 Å². The minimum atomic E-state index is -0.375. The molecule has 4 rings (SSSR count). The lowest BCUT2D eigenvalue weighted by Gasteiger charge is -2.08. The fourth-order valence-corrected chi connectivity index (χ4v) is 3.08. The third kappa shape index (κ3) is 3.93. The molecule has 6 nitrogen and oxygen atoms in total. The molecule has 150 valence electrons. The van der Waals surface area contributed by atoms with Gasteiger partial charge in [-0.15, -0.1) is 5.10 Å². The largest absolute Gasteiger partial charge is 0.497 e. The van der Waals surface area contributed by atoms with E-state index in [0.717, 1.165) is 22.6 Å². The van der Waals surface area contributed by atoms with Gasteiger partial charge >= 0.3 is 0 Å². The summed E-state index contributed by atoms with van der Waals surface area (Å²) in [5.41, 5.74) is 4.72. The van der Waals surface area contributed by atoms with Crippen molar-refractivity contribution >= 4 is 11.6 Å². The molecule has 0 saturated carbocycles. The number of benzene rings is 3. The minimum absolute atomic E-state index is 0.0999. The van der Waals surface area contributed by atoms with Crippen molar-refractivity contribution in [2.24, 2.45) is 0 Å². The molecular formula is C24H22N4O2. The monoisotopic (exact) mass is 398 g/mol. The van der Waals surface area contributed by atoms with Gasteiger partial charge in [-0.2, -0.15) is 0 Å². The summed E-state index contributed by atoms with van der Waals surface area (Å²) >= 11 is 0. The highest BCUT2D eigenvalue weighted by atomic mass is 16.5. The van der Waals surface area contributed by atoms with Crippen molar-refractivity contribution < 1.29 is 9.53 Å². The number of hydrogen-bond donors (Lipinski definition) is 1. The number of rotatable bonds is 5. The molecule has 0 saturated heterocycles. The number of carbonyl (C=O) groups is 1. The van der Waals surface area contributed by atoms with Crippen molar-refractivity contribution in [2.45, 2.75) is 13.8 Å². The van der Waals surface area contributed by atoms with Crippen LogP contribution in [0.1, 0.15) is 21.7 Å². The van der Waals surface area contributed by atoms with Gasteiger partial charge in [-0.25, -0.2) is 9.67 Å². The number of aryl methyl sites for hydroxylation is 2. The standard InChI is InChI=1S/C24H22N4O2/c1-16-9-12-20(15-17(16)2)28-23(18-7-5-4-6-8-18)26-22(27-28)24(29)25-19-10-13-21(30-3)14-11-19/h4-15H,1-3H3,(H,25,29). The van der Waals surface area contributed by atoms with E-state index in [1.54, 1.807) is 36.1 Å². The maximum absolute atomic E-state index is 12.8. The summed E-state index contributed by atoms with van der Waals surface area (Å²) in [5, 5.41) is 7.37. The molecule has 1 amide bonds. The first-order chi connectivity index (χ1) is 14.5. The summed E-state index contributed by atoms with van der Waals surface area (Å²) in [6.07, 6.45) is 0. The van der Waals surface area contributed by atoms with E-state index in [9.17, 15) is 4.79 Å². The van der Waals surface area contributed by atoms with Gasteiger partial charge < -0.3 is 10.1 Å². The number of anilines is 1. The van der Waals surface area contributed by atoms with E-state index in [0.29, 0.717) is 11.5 Å². The number of nitrogens with zero attached hydrogens (tertiary/aromatic N) is 3. The Balaban J connectivity index is 1.72. The molecule has 0 aliphatic rings. The second-order valence-corrected chi connectivity index (χ2v) is 6.99. The minimum Gasteiger partial charge on any atom is -0.497 e. The molecule has 3 aromatic carbocycles. The predicted molar refractivity (Wildman–Crippen MR) is 117 cm³/mol. The Morgan fingerprint density at radius 2 is 1.67 bits per heavy atom. The Labute approximate surface area is 175 Å². The molecular weight excluding hydrogens is 376 g/mol. The van der Waals surface area contributed by atoms with E-state index in [-0.39, 0.29) is 11.7 Å². The lowest BCUT2D eigenvalue weighted by molar-refractivity contribution is 0.101. The molecule has 6 heteroatoms. The molecule has 1 N–H and O–H groups in total. The third-order valence-corrected chi connectivity index (χ3v) is 4.93. The molecule has 30 heavy (non-hydrogen) atoms. The van der Waals surface area contributed by atoms with Gasteiger partial charge in [0.2, 0.25) is 5.82 Å². The Hall–Kier alpha value is -3.93. The number of amides is 1. The molecule has 0 aliphatic carbocycles. The van der Waals surface area contributed by atoms with Crippen molar-refractivity contribution in [3.8, 4) is 22.8 Å². The molecule has 0 unspecified atom stereocenters. The number of nitrogens with one attached hydrogen (secondary N) is 1. The molecule has 0 spiro atoms. The number of carbonyl (C=O) groups excluding carboxylic acids is 1. The first-order valence-corrected chi connectivity index (χ1v) is 9.60. The second kappa shape index (κ2) is 8.21. The van der Waals surface area contributed by atoms with E-state index < -0.39 is 0 Å². The van der Waals surface area contributed by atoms with Crippen LogP contribution in [0.4, 0.5) is 5.69 Å². The van der Waals surface area contributed by atoms with Crippen LogP contribution < -0.4 is 10.1 Å². The van der Waals surface area contributed by atoms with Gasteiger partial charge in [0.05, 0.1) is 12.8 Å². The van der Waals surface area contributed by atoms with Crippen LogP contribution in [0.5, 0.6) is 5.75 Å². The third-order valence-electron chi connectivity index (χ3n) is 4.93. The molecule has 1 heterocycles. The highest BCUT2D eigenvalue weighted by Gasteiger charge is 2.19. The zero-order valence-electron chi connectivity index (χ0n) is 17.1. The zero-order chi connectivity index (χ0) is 21.1. The van der Waals surface area contributed by atoms with Gasteiger partial charge in [0, 0.05) is 11.3 Å². The number of hydrogen-bond acceptors (Lipinski definition) is 4. The lowest BCUT2D eigenvalue weighted by atomic mass is 10.1. The Bertz CT molecular complexity index is 1180. The normalized spacial score (nSPS) is 10.6. The van der Waals surface area contributed by atoms with Gasteiger partial charge in [-0.1, -0.05) is 36.4 Å². The molecule has 0 radical (unpaired) electrons. The van der Waals surface area contributed by atoms with Crippen LogP contribution >= 0.6 is 0 Å². The van der Waals surface area contributed by atoms with E-state index >= 15 is 0 Å². The molecule has 1 aromatic heterocycles. The van der Waals surface area contributed by atoms with E-state index in [1.165, 1.54) is 5.56 Å². The Morgan fingerprint density at radius 1 is 0.933 bits per heavy atom. The van der Waals surface area contributed by atoms with Gasteiger partial charge in [0.1, 0.15) is 5.75 Å².